The predicted octanol–water partition coefficient (Wildman–Crippen LogP) is 3.23. The molecule has 0 aromatic carbocycles. The molecule has 1 aromatic heterocycles. The van der Waals surface area contributed by atoms with Gasteiger partial charge in [0, 0.05) is 53.9 Å². The van der Waals surface area contributed by atoms with Crippen molar-refractivity contribution in [2.75, 3.05) is 0 Å². The van der Waals surface area contributed by atoms with Crippen LogP contribution in [0.3, 0.4) is 0 Å². The third-order valence-corrected chi connectivity index (χ3v) is 11.0. The predicted molar refractivity (Wildman–Crippen MR) is 137 cm³/mol. The fraction of sp³-hybridized carbons (Fsp3) is 0.700. The molecule has 5 aliphatic rings. The van der Waals surface area contributed by atoms with Crippen LogP contribution in [0.5, 0.6) is 0 Å². The number of ether oxygens (including phenoxy) is 5. The van der Waals surface area contributed by atoms with Crippen molar-refractivity contribution in [2.24, 2.45) is 28.1 Å². The van der Waals surface area contributed by atoms with Crippen molar-refractivity contribution in [2.45, 2.75) is 103 Å². The number of hydrogen-bond donors (Lipinski definition) is 0. The molecule has 3 saturated heterocycles. The SMILES string of the molecule is CC(=O)O[C@H]1CC(=O)OC(C)(C)[C@@H]2C[C@@H](OC(C)=O)[C@]3(C)C(C(=O)C[C@@]4(C)[C@H](c5ccoc5)OC(=O)[C@H]5O[C@]543)[C@@]12C. The van der Waals surface area contributed by atoms with E-state index in [0.29, 0.717) is 5.56 Å². The van der Waals surface area contributed by atoms with Crippen LogP contribution in [0.25, 0.3) is 0 Å². The van der Waals surface area contributed by atoms with Crippen molar-refractivity contribution in [3.63, 3.8) is 0 Å². The second-order valence-corrected chi connectivity index (χ2v) is 13.5. The van der Waals surface area contributed by atoms with Gasteiger partial charge in [-0.15, -0.1) is 0 Å². The number of carbonyl (C=O) groups is 5. The van der Waals surface area contributed by atoms with Gasteiger partial charge >= 0.3 is 23.9 Å². The quantitative estimate of drug-likeness (QED) is 0.299. The van der Waals surface area contributed by atoms with Crippen LogP contribution in [0, 0.1) is 28.1 Å². The summed E-state index contributed by atoms with van der Waals surface area (Å²) in [5, 5.41) is 0. The molecule has 222 valence electrons. The summed E-state index contributed by atoms with van der Waals surface area (Å²) in [7, 11) is 0. The highest BCUT2D eigenvalue weighted by Crippen LogP contribution is 2.79. The number of fused-ring (bicyclic) bond motifs is 3. The Bertz CT molecular complexity index is 1350. The van der Waals surface area contributed by atoms with Crippen molar-refractivity contribution in [3.05, 3.63) is 24.2 Å². The minimum atomic E-state index is -1.28. The molecular formula is C30H36O11. The summed E-state index contributed by atoms with van der Waals surface area (Å²) in [6.45, 7) is 11.6. The van der Waals surface area contributed by atoms with E-state index in [2.05, 4.69) is 0 Å². The molecular weight excluding hydrogens is 536 g/mol. The molecule has 11 heteroatoms. The molecule has 1 unspecified atom stereocenters. The van der Waals surface area contributed by atoms with E-state index in [1.165, 1.54) is 26.4 Å². The maximum atomic E-state index is 14.8. The fourth-order valence-corrected chi connectivity index (χ4v) is 9.72. The number of furan rings is 1. The van der Waals surface area contributed by atoms with Crippen LogP contribution in [-0.4, -0.2) is 59.2 Å². The number of rotatable bonds is 3. The molecule has 2 aliphatic carbocycles. The zero-order chi connectivity index (χ0) is 29.9. The number of Topliss-reactive ketones (excluding diaryl/α,β-unsaturated/α-hetero) is 1. The van der Waals surface area contributed by atoms with Gasteiger partial charge in [-0.05, 0) is 26.3 Å². The summed E-state index contributed by atoms with van der Waals surface area (Å²) in [5.74, 6) is -3.98. The number of esters is 4. The van der Waals surface area contributed by atoms with Crippen LogP contribution in [0.15, 0.2) is 23.0 Å². The molecule has 4 heterocycles. The van der Waals surface area contributed by atoms with E-state index in [4.69, 9.17) is 28.1 Å². The monoisotopic (exact) mass is 572 g/mol. The number of cyclic esters (lactones) is 2. The lowest BCUT2D eigenvalue weighted by Gasteiger charge is -2.67. The minimum Gasteiger partial charge on any atom is -0.472 e. The Balaban J connectivity index is 1.61. The van der Waals surface area contributed by atoms with Crippen LogP contribution < -0.4 is 0 Å². The van der Waals surface area contributed by atoms with Crippen LogP contribution in [-0.2, 0) is 47.7 Å². The fourth-order valence-electron chi connectivity index (χ4n) is 9.72. The van der Waals surface area contributed by atoms with E-state index < -0.39 is 87.6 Å². The molecule has 6 rings (SSSR count). The van der Waals surface area contributed by atoms with E-state index in [0.717, 1.165) is 0 Å². The zero-order valence-corrected chi connectivity index (χ0v) is 24.3. The van der Waals surface area contributed by atoms with E-state index in [1.54, 1.807) is 19.9 Å². The molecule has 11 nitrogen and oxygen atoms in total. The van der Waals surface area contributed by atoms with Crippen molar-refractivity contribution < 1.29 is 52.1 Å². The van der Waals surface area contributed by atoms with Crippen molar-refractivity contribution >= 4 is 29.7 Å². The second kappa shape index (κ2) is 8.42. The largest absolute Gasteiger partial charge is 0.472 e. The van der Waals surface area contributed by atoms with Gasteiger partial charge in [-0.2, -0.15) is 0 Å². The summed E-state index contributed by atoms with van der Waals surface area (Å²) >= 11 is 0. The summed E-state index contributed by atoms with van der Waals surface area (Å²) in [5.41, 5.74) is -5.27. The van der Waals surface area contributed by atoms with Gasteiger partial charge in [0.1, 0.15) is 35.3 Å². The van der Waals surface area contributed by atoms with E-state index in [9.17, 15) is 24.0 Å². The maximum Gasteiger partial charge on any atom is 0.339 e. The summed E-state index contributed by atoms with van der Waals surface area (Å²) in [6, 6.07) is 1.69. The molecule has 3 aliphatic heterocycles. The Kier molecular flexibility index (Phi) is 5.74. The highest BCUT2D eigenvalue weighted by molar-refractivity contribution is 5.91. The normalized spacial score (nSPS) is 45.9. The van der Waals surface area contributed by atoms with Gasteiger partial charge in [0.15, 0.2) is 6.10 Å². The Morgan fingerprint density at radius 1 is 0.951 bits per heavy atom. The van der Waals surface area contributed by atoms with Gasteiger partial charge < -0.3 is 28.1 Å². The Morgan fingerprint density at radius 3 is 2.22 bits per heavy atom. The van der Waals surface area contributed by atoms with E-state index >= 15 is 0 Å². The average Bonchev–Trinajstić information content (AvgIpc) is 3.43. The lowest BCUT2D eigenvalue weighted by atomic mass is 9.36. The van der Waals surface area contributed by atoms with Crippen molar-refractivity contribution in [1.82, 2.24) is 0 Å². The first-order valence-corrected chi connectivity index (χ1v) is 14.0. The lowest BCUT2D eigenvalue weighted by Crippen LogP contribution is -2.76. The first-order valence-electron chi connectivity index (χ1n) is 14.0. The number of carbonyl (C=O) groups excluding carboxylic acids is 5. The molecule has 0 amide bonds. The van der Waals surface area contributed by atoms with Gasteiger partial charge in [0.25, 0.3) is 0 Å². The number of hydrogen-bond acceptors (Lipinski definition) is 11. The highest BCUT2D eigenvalue weighted by atomic mass is 16.7. The van der Waals surface area contributed by atoms with Gasteiger partial charge in [0.05, 0.1) is 18.9 Å². The molecule has 10 atom stereocenters. The smallest absolute Gasteiger partial charge is 0.339 e. The topological polar surface area (TPSA) is 148 Å². The first kappa shape index (κ1) is 27.9. The molecule has 0 N–H and O–H groups in total. The molecule has 1 aromatic rings. The highest BCUT2D eigenvalue weighted by Gasteiger charge is 2.90. The van der Waals surface area contributed by atoms with Crippen LogP contribution in [0.4, 0.5) is 0 Å². The summed E-state index contributed by atoms with van der Waals surface area (Å²) in [6.07, 6.45) is -0.939. The average molecular weight is 573 g/mol. The van der Waals surface area contributed by atoms with Gasteiger partial charge in [-0.1, -0.05) is 20.8 Å². The first-order chi connectivity index (χ1) is 19.0. The number of ketones is 1. The third-order valence-electron chi connectivity index (χ3n) is 11.0. The molecule has 2 saturated carbocycles. The summed E-state index contributed by atoms with van der Waals surface area (Å²) in [4.78, 5) is 66.2. The Labute approximate surface area is 237 Å². The molecule has 1 spiro atoms. The van der Waals surface area contributed by atoms with Crippen LogP contribution in [0.1, 0.15) is 79.4 Å². The van der Waals surface area contributed by atoms with E-state index in [1.807, 2.05) is 20.8 Å². The minimum absolute atomic E-state index is 0.0377. The van der Waals surface area contributed by atoms with Gasteiger partial charge in [-0.25, -0.2) is 4.79 Å². The Morgan fingerprint density at radius 2 is 1.61 bits per heavy atom. The second-order valence-electron chi connectivity index (χ2n) is 13.5. The summed E-state index contributed by atoms with van der Waals surface area (Å²) < 4.78 is 35.4. The standard InChI is InChI=1S/C30H36O11/c1-14(31)37-19-11-21(34)40-26(3,4)18-10-20(38-15(2)32)29(7)22(28(18,19)6)17(33)12-27(5)23(16-8-9-36-13-16)39-25(35)24-30(27,29)41-24/h8-9,13,18-20,22-24H,10-12H2,1-7H3/t18-,19-,20+,22?,23-,24+,27-,28+,29+,30+/m0/s1. The molecule has 0 bridgehead atoms. The molecule has 0 radical (unpaired) electrons. The zero-order valence-electron chi connectivity index (χ0n) is 24.3. The molecule has 5 fully saturated rings. The Hall–Kier alpha value is -3.21. The molecule has 41 heavy (non-hydrogen) atoms. The van der Waals surface area contributed by atoms with Crippen molar-refractivity contribution in [3.8, 4) is 0 Å². The van der Waals surface area contributed by atoms with Crippen LogP contribution >= 0.6 is 0 Å². The lowest BCUT2D eigenvalue weighted by molar-refractivity contribution is -0.265. The van der Waals surface area contributed by atoms with Gasteiger partial charge in [-0.3, -0.25) is 19.2 Å². The van der Waals surface area contributed by atoms with Crippen LogP contribution in [0.2, 0.25) is 0 Å². The van der Waals surface area contributed by atoms with Gasteiger partial charge in [0.2, 0.25) is 0 Å². The maximum absolute atomic E-state index is 14.8. The third kappa shape index (κ3) is 3.38. The van der Waals surface area contributed by atoms with E-state index in [-0.39, 0.29) is 25.0 Å². The van der Waals surface area contributed by atoms with Crippen molar-refractivity contribution in [1.29, 1.82) is 0 Å². The number of epoxide rings is 1.